The Morgan fingerprint density at radius 1 is 1.22 bits per heavy atom. The van der Waals surface area contributed by atoms with Crippen LogP contribution in [0.25, 0.3) is 0 Å². The topological polar surface area (TPSA) is 52.1 Å². The van der Waals surface area contributed by atoms with Gasteiger partial charge in [-0.3, -0.25) is 4.79 Å². The molecule has 3 rings (SSSR count). The smallest absolute Gasteiger partial charge is 0.175 e. The molecule has 4 nitrogen and oxygen atoms in total. The van der Waals surface area contributed by atoms with Crippen molar-refractivity contribution in [2.24, 2.45) is 0 Å². The Morgan fingerprint density at radius 3 is 2.74 bits per heavy atom. The fourth-order valence-electron chi connectivity index (χ4n) is 2.37. The molecule has 0 bridgehead atoms. The third kappa shape index (κ3) is 4.71. The first kappa shape index (κ1) is 16.8. The molecule has 2 aromatic rings. The molecule has 0 radical (unpaired) electrons. The van der Waals surface area contributed by atoms with E-state index in [4.69, 9.17) is 4.74 Å². The first-order valence-corrected chi connectivity index (χ1v) is 10.2. The number of ketones is 1. The molecule has 23 heavy (non-hydrogen) atoms. The summed E-state index contributed by atoms with van der Waals surface area (Å²) in [6, 6.07) is 8.05. The number of Topliss-reactive ketones (excluding diaryl/α,β-unsaturated/α-hetero) is 1. The minimum Gasteiger partial charge on any atom is -0.497 e. The fraction of sp³-hybridized carbons (Fsp3) is 0.438. The van der Waals surface area contributed by atoms with Gasteiger partial charge in [0.2, 0.25) is 0 Å². The molecule has 7 heteroatoms. The highest BCUT2D eigenvalue weighted by Gasteiger charge is 2.24. The Hall–Kier alpha value is -1.05. The van der Waals surface area contributed by atoms with Crippen LogP contribution in [-0.2, 0) is 10.5 Å². The van der Waals surface area contributed by atoms with E-state index in [9.17, 15) is 4.79 Å². The van der Waals surface area contributed by atoms with Crippen LogP contribution in [0.3, 0.4) is 0 Å². The van der Waals surface area contributed by atoms with Gasteiger partial charge in [-0.1, -0.05) is 53.4 Å². The summed E-state index contributed by atoms with van der Waals surface area (Å²) in [5, 5.41) is 8.53. The van der Waals surface area contributed by atoms with Crippen LogP contribution in [0, 0.1) is 0 Å². The lowest BCUT2D eigenvalue weighted by Gasteiger charge is -2.17. The quantitative estimate of drug-likeness (QED) is 0.704. The number of hydrogen-bond donors (Lipinski definition) is 0. The fourth-order valence-corrected chi connectivity index (χ4v) is 5.71. The maximum absolute atomic E-state index is 11.9. The summed E-state index contributed by atoms with van der Waals surface area (Å²) >= 11 is 4.84. The number of nitrogens with zero attached hydrogens (tertiary/aromatic N) is 2. The van der Waals surface area contributed by atoms with Gasteiger partial charge in [0.25, 0.3) is 0 Å². The van der Waals surface area contributed by atoms with Crippen LogP contribution < -0.4 is 4.74 Å². The third-order valence-electron chi connectivity index (χ3n) is 3.65. The molecule has 1 fully saturated rings. The van der Waals surface area contributed by atoms with Crippen molar-refractivity contribution in [1.29, 1.82) is 0 Å². The summed E-state index contributed by atoms with van der Waals surface area (Å²) in [5.41, 5.74) is 1.22. The summed E-state index contributed by atoms with van der Waals surface area (Å²) in [4.78, 5) is 11.9. The van der Waals surface area contributed by atoms with Crippen molar-refractivity contribution in [1.82, 2.24) is 10.2 Å². The zero-order valence-electron chi connectivity index (χ0n) is 12.9. The summed E-state index contributed by atoms with van der Waals surface area (Å²) in [6.45, 7) is 0. The van der Waals surface area contributed by atoms with Gasteiger partial charge in [0.05, 0.1) is 12.4 Å². The van der Waals surface area contributed by atoms with Gasteiger partial charge in [-0.2, -0.15) is 0 Å². The minimum atomic E-state index is 0.0798. The molecule has 0 unspecified atom stereocenters. The predicted octanol–water partition coefficient (Wildman–Crippen LogP) is 4.44. The van der Waals surface area contributed by atoms with E-state index in [1.807, 2.05) is 12.1 Å². The van der Waals surface area contributed by atoms with Crippen LogP contribution in [0.5, 0.6) is 5.75 Å². The number of ether oxygens (including phenoxy) is 1. The molecule has 1 saturated carbocycles. The second-order valence-electron chi connectivity index (χ2n) is 5.29. The number of thioether (sulfide) groups is 2. The first-order chi connectivity index (χ1) is 11.2. The van der Waals surface area contributed by atoms with Gasteiger partial charge in [-0.15, -0.1) is 10.2 Å². The molecule has 0 saturated heterocycles. The van der Waals surface area contributed by atoms with E-state index in [1.54, 1.807) is 42.0 Å². The normalized spacial score (nSPS) is 18.1. The number of benzene rings is 1. The monoisotopic (exact) mass is 366 g/mol. The number of hydrogen-bond acceptors (Lipinski definition) is 7. The maximum Gasteiger partial charge on any atom is 0.175 e. The molecule has 1 aliphatic rings. The Morgan fingerprint density at radius 2 is 2.00 bits per heavy atom. The van der Waals surface area contributed by atoms with Gasteiger partial charge >= 0.3 is 0 Å². The van der Waals surface area contributed by atoms with E-state index in [-0.39, 0.29) is 5.25 Å². The SMILES string of the molecule is COc1ccc(CSc2nnc(S[C@H]3CCCCC3=O)s2)cc1. The van der Waals surface area contributed by atoms with Crippen LogP contribution >= 0.6 is 34.9 Å². The van der Waals surface area contributed by atoms with E-state index >= 15 is 0 Å². The van der Waals surface area contributed by atoms with Gasteiger partial charge in [0, 0.05) is 12.2 Å². The molecular formula is C16H18N2O2S3. The molecule has 1 aromatic heterocycles. The summed E-state index contributed by atoms with van der Waals surface area (Å²) < 4.78 is 7.01. The Kier molecular flexibility index (Phi) is 5.96. The van der Waals surface area contributed by atoms with Gasteiger partial charge in [-0.25, -0.2) is 0 Å². The average molecular weight is 367 g/mol. The van der Waals surface area contributed by atoms with Crippen LogP contribution in [0.1, 0.15) is 31.2 Å². The van der Waals surface area contributed by atoms with Crippen molar-refractivity contribution in [3.8, 4) is 5.75 Å². The number of carbonyl (C=O) groups excluding carboxylic acids is 1. The molecule has 1 aliphatic carbocycles. The Bertz CT molecular complexity index is 658. The van der Waals surface area contributed by atoms with Gasteiger partial charge < -0.3 is 4.74 Å². The number of rotatable bonds is 6. The highest BCUT2D eigenvalue weighted by Crippen LogP contribution is 2.36. The highest BCUT2D eigenvalue weighted by atomic mass is 32.2. The van der Waals surface area contributed by atoms with Crippen molar-refractivity contribution >= 4 is 40.6 Å². The standard InChI is InChI=1S/C16H18N2O2S3/c1-20-12-8-6-11(7-9-12)10-21-15-17-18-16(23-15)22-14-5-3-2-4-13(14)19/h6-9,14H,2-5,10H2,1H3/t14-/m0/s1. The second-order valence-corrected chi connectivity index (χ2v) is 8.94. The minimum absolute atomic E-state index is 0.0798. The number of carbonyl (C=O) groups is 1. The lowest BCUT2D eigenvalue weighted by Crippen LogP contribution is -2.21. The van der Waals surface area contributed by atoms with Crippen LogP contribution in [-0.4, -0.2) is 28.3 Å². The molecule has 0 aliphatic heterocycles. The highest BCUT2D eigenvalue weighted by molar-refractivity contribution is 8.03. The van der Waals surface area contributed by atoms with E-state index < -0.39 is 0 Å². The molecule has 0 spiro atoms. The number of methoxy groups -OCH3 is 1. The van der Waals surface area contributed by atoms with E-state index in [2.05, 4.69) is 22.3 Å². The van der Waals surface area contributed by atoms with Crippen molar-refractivity contribution < 1.29 is 9.53 Å². The largest absolute Gasteiger partial charge is 0.497 e. The number of aromatic nitrogens is 2. The maximum atomic E-state index is 11.9. The summed E-state index contributed by atoms with van der Waals surface area (Å²) in [5.74, 6) is 2.08. The van der Waals surface area contributed by atoms with Crippen molar-refractivity contribution in [3.05, 3.63) is 29.8 Å². The Balaban J connectivity index is 1.53. The van der Waals surface area contributed by atoms with Gasteiger partial charge in [0.1, 0.15) is 11.5 Å². The zero-order valence-corrected chi connectivity index (χ0v) is 15.3. The second kappa shape index (κ2) is 8.17. The molecule has 0 N–H and O–H groups in total. The molecule has 1 heterocycles. The lowest BCUT2D eigenvalue weighted by atomic mass is 9.99. The van der Waals surface area contributed by atoms with Crippen molar-refractivity contribution in [2.45, 2.75) is 45.4 Å². The first-order valence-electron chi connectivity index (χ1n) is 7.53. The van der Waals surface area contributed by atoms with Crippen LogP contribution in [0.15, 0.2) is 32.9 Å². The van der Waals surface area contributed by atoms with Crippen LogP contribution in [0.4, 0.5) is 0 Å². The van der Waals surface area contributed by atoms with Gasteiger partial charge in [0.15, 0.2) is 8.68 Å². The lowest BCUT2D eigenvalue weighted by molar-refractivity contribution is -0.119. The predicted molar refractivity (Wildman–Crippen MR) is 95.6 cm³/mol. The molecule has 1 atom stereocenters. The zero-order chi connectivity index (χ0) is 16.1. The molecule has 1 aromatic carbocycles. The van der Waals surface area contributed by atoms with Gasteiger partial charge in [-0.05, 0) is 30.5 Å². The van der Waals surface area contributed by atoms with E-state index in [1.165, 1.54) is 5.56 Å². The van der Waals surface area contributed by atoms with Crippen molar-refractivity contribution in [3.63, 3.8) is 0 Å². The van der Waals surface area contributed by atoms with E-state index in [0.29, 0.717) is 5.78 Å². The Labute approximate surface area is 148 Å². The third-order valence-corrected chi connectivity index (χ3v) is 7.18. The van der Waals surface area contributed by atoms with E-state index in [0.717, 1.165) is 45.9 Å². The molecule has 122 valence electrons. The average Bonchev–Trinajstić information content (AvgIpc) is 3.03. The molecule has 0 amide bonds. The van der Waals surface area contributed by atoms with Crippen LogP contribution in [0.2, 0.25) is 0 Å². The summed E-state index contributed by atoms with van der Waals surface area (Å²) in [6.07, 6.45) is 3.86. The van der Waals surface area contributed by atoms with Crippen molar-refractivity contribution in [2.75, 3.05) is 7.11 Å². The summed E-state index contributed by atoms with van der Waals surface area (Å²) in [7, 11) is 1.67. The molecular weight excluding hydrogens is 348 g/mol.